The van der Waals surface area contributed by atoms with Crippen molar-refractivity contribution in [2.75, 3.05) is 6.61 Å². The minimum absolute atomic E-state index is 0.135. The van der Waals surface area contributed by atoms with Gasteiger partial charge in [-0.2, -0.15) is 0 Å². The summed E-state index contributed by atoms with van der Waals surface area (Å²) in [5, 5.41) is 0. The molecule has 0 aliphatic heterocycles. The number of alkyl halides is 3. The molecule has 0 fully saturated rings. The molecule has 0 unspecified atom stereocenters. The van der Waals surface area contributed by atoms with Gasteiger partial charge in [0, 0.05) is 0 Å². The van der Waals surface area contributed by atoms with E-state index in [-0.39, 0.29) is 6.61 Å². The summed E-state index contributed by atoms with van der Waals surface area (Å²) in [5.74, 6) is 0. The first-order valence-corrected chi connectivity index (χ1v) is 2.94. The summed E-state index contributed by atoms with van der Waals surface area (Å²) in [6.07, 6.45) is 1.25. The number of ether oxygens (including phenoxy) is 1. The van der Waals surface area contributed by atoms with Crippen LogP contribution in [0.15, 0.2) is 6.08 Å². The predicted molar refractivity (Wildman–Crippen MR) is 35.1 cm³/mol. The van der Waals surface area contributed by atoms with E-state index in [1.165, 1.54) is 6.08 Å². The van der Waals surface area contributed by atoms with Crippen LogP contribution in [0.5, 0.6) is 0 Å². The van der Waals surface area contributed by atoms with Crippen molar-refractivity contribution in [2.24, 2.45) is 0 Å². The molecule has 1 nitrogen and oxygen atoms in total. The third kappa shape index (κ3) is 6.57. The van der Waals surface area contributed by atoms with Crippen LogP contribution >= 0.6 is 34.8 Å². The largest absolute Gasteiger partial charge is 0.330 e. The molecule has 0 N–H and O–H groups in total. The van der Waals surface area contributed by atoms with E-state index in [1.807, 2.05) is 0 Å². The number of rotatable bonds is 2. The zero-order valence-corrected chi connectivity index (χ0v) is 6.17. The van der Waals surface area contributed by atoms with Crippen LogP contribution in [-0.2, 0) is 4.74 Å². The Kier molecular flexibility index (Phi) is 3.82. The van der Waals surface area contributed by atoms with E-state index in [2.05, 4.69) is 4.74 Å². The van der Waals surface area contributed by atoms with Crippen molar-refractivity contribution in [1.29, 1.82) is 0 Å². The summed E-state index contributed by atoms with van der Waals surface area (Å²) in [7, 11) is 0. The molecule has 0 heterocycles. The zero-order valence-electron chi connectivity index (χ0n) is 3.90. The van der Waals surface area contributed by atoms with Gasteiger partial charge in [-0.05, 0) is 0 Å². The Labute approximate surface area is 63.2 Å². The highest BCUT2D eigenvalue weighted by atomic mass is 35.6. The molecule has 0 amide bonds. The Balaban J connectivity index is 3.24. The second-order valence-corrected chi connectivity index (χ2v) is 3.17. The van der Waals surface area contributed by atoms with Gasteiger partial charge >= 0.3 is 0 Å². The molecule has 0 saturated heterocycles. The lowest BCUT2D eigenvalue weighted by Gasteiger charge is -2.08. The van der Waals surface area contributed by atoms with E-state index in [1.54, 1.807) is 0 Å². The van der Waals surface area contributed by atoms with E-state index in [9.17, 15) is 0 Å². The van der Waals surface area contributed by atoms with Gasteiger partial charge in [-0.3, -0.25) is 0 Å². The Hall–Kier alpha value is 0.570. The van der Waals surface area contributed by atoms with Crippen LogP contribution in [0.1, 0.15) is 0 Å². The summed E-state index contributed by atoms with van der Waals surface area (Å²) >= 11 is 15.4. The van der Waals surface area contributed by atoms with E-state index in [4.69, 9.17) is 41.4 Å². The van der Waals surface area contributed by atoms with E-state index in [0.29, 0.717) is 0 Å². The summed E-state index contributed by atoms with van der Waals surface area (Å²) in [6.45, 7) is 5.05. The quantitative estimate of drug-likeness (QED) is 0.584. The first kappa shape index (κ1) is 8.57. The Morgan fingerprint density at radius 1 is 1.50 bits per heavy atom. The Bertz CT molecular complexity index is 75.8. The van der Waals surface area contributed by atoms with Gasteiger partial charge < -0.3 is 4.74 Å². The lowest BCUT2D eigenvalue weighted by molar-refractivity contribution is 0.159. The maximum atomic E-state index is 5.15. The van der Waals surface area contributed by atoms with Crippen LogP contribution in [0, 0.1) is 6.58 Å². The molecule has 0 aliphatic rings. The Morgan fingerprint density at radius 2 is 2.00 bits per heavy atom. The van der Waals surface area contributed by atoms with Gasteiger partial charge in [0.15, 0.2) is 0 Å². The molecule has 0 atom stereocenters. The summed E-state index contributed by atoms with van der Waals surface area (Å²) in [5.41, 5.74) is 0. The van der Waals surface area contributed by atoms with Crippen molar-refractivity contribution < 1.29 is 4.74 Å². The fourth-order valence-electron chi connectivity index (χ4n) is 0.143. The summed E-state index contributed by atoms with van der Waals surface area (Å²) in [4.78, 5) is 0. The van der Waals surface area contributed by atoms with E-state index in [0.717, 1.165) is 0 Å². The van der Waals surface area contributed by atoms with Crippen LogP contribution in [0.2, 0.25) is 0 Å². The van der Waals surface area contributed by atoms with Crippen molar-refractivity contribution in [3.05, 3.63) is 12.7 Å². The van der Waals surface area contributed by atoms with Crippen LogP contribution in [-0.4, -0.2) is 10.6 Å². The third-order valence-corrected chi connectivity index (χ3v) is 0.671. The molecule has 8 heavy (non-hydrogen) atoms. The summed E-state index contributed by atoms with van der Waals surface area (Å²) < 4.78 is 2.85. The number of hydrogen-bond donors (Lipinski definition) is 0. The Morgan fingerprint density at radius 3 is 2.12 bits per heavy atom. The zero-order chi connectivity index (χ0) is 6.62. The third-order valence-electron chi connectivity index (χ3n) is 0.343. The lowest BCUT2D eigenvalue weighted by atomic mass is 10.7. The van der Waals surface area contributed by atoms with Crippen molar-refractivity contribution in [2.45, 2.75) is 3.98 Å². The molecule has 0 aromatic heterocycles. The lowest BCUT2D eigenvalue weighted by Crippen LogP contribution is -2.07. The second-order valence-electron chi connectivity index (χ2n) is 0.992. The molecule has 0 bridgehead atoms. The standard InChI is InChI=1S/C4H4Cl3O/c1-2-3-8-4(5,6)7/h1-2H,3H2. The van der Waals surface area contributed by atoms with Gasteiger partial charge in [-0.25, -0.2) is 0 Å². The molecular weight excluding hydrogens is 170 g/mol. The molecule has 0 saturated carbocycles. The van der Waals surface area contributed by atoms with Gasteiger partial charge in [0.25, 0.3) is 3.98 Å². The van der Waals surface area contributed by atoms with Gasteiger partial charge in [-0.15, -0.1) is 0 Å². The van der Waals surface area contributed by atoms with Crippen LogP contribution in [0.4, 0.5) is 0 Å². The van der Waals surface area contributed by atoms with Gasteiger partial charge in [0.1, 0.15) is 0 Å². The van der Waals surface area contributed by atoms with Crippen molar-refractivity contribution in [3.63, 3.8) is 0 Å². The first-order chi connectivity index (χ1) is 3.56. The minimum Gasteiger partial charge on any atom is -0.330 e. The average Bonchev–Trinajstić information content (AvgIpc) is 1.59. The van der Waals surface area contributed by atoms with Crippen LogP contribution in [0.3, 0.4) is 0 Å². The maximum absolute atomic E-state index is 5.15. The number of halogens is 3. The molecule has 0 aromatic carbocycles. The fraction of sp³-hybridized carbons (Fsp3) is 0.500. The molecule has 47 valence electrons. The SMILES string of the molecule is [CH]=CCOC(Cl)(Cl)Cl. The van der Waals surface area contributed by atoms with Gasteiger partial charge in [0.2, 0.25) is 0 Å². The average molecular weight is 174 g/mol. The molecule has 0 rings (SSSR count). The molecule has 0 aromatic rings. The highest BCUT2D eigenvalue weighted by molar-refractivity contribution is 6.66. The monoisotopic (exact) mass is 173 g/mol. The van der Waals surface area contributed by atoms with Crippen molar-refractivity contribution in [3.8, 4) is 0 Å². The van der Waals surface area contributed by atoms with Crippen molar-refractivity contribution in [1.82, 2.24) is 0 Å². The fourth-order valence-corrected chi connectivity index (χ4v) is 0.332. The molecule has 0 spiro atoms. The van der Waals surface area contributed by atoms with E-state index < -0.39 is 3.98 Å². The van der Waals surface area contributed by atoms with E-state index >= 15 is 0 Å². The smallest absolute Gasteiger partial charge is 0.297 e. The topological polar surface area (TPSA) is 9.23 Å². The van der Waals surface area contributed by atoms with Gasteiger partial charge in [-0.1, -0.05) is 47.5 Å². The van der Waals surface area contributed by atoms with Crippen LogP contribution < -0.4 is 0 Å². The predicted octanol–water partition coefficient (Wildman–Crippen LogP) is 2.32. The van der Waals surface area contributed by atoms with Crippen molar-refractivity contribution >= 4 is 34.8 Å². The highest BCUT2D eigenvalue weighted by Crippen LogP contribution is 2.26. The molecule has 1 radical (unpaired) electrons. The minimum atomic E-state index is -1.64. The number of hydrogen-bond acceptors (Lipinski definition) is 1. The first-order valence-electron chi connectivity index (χ1n) is 1.80. The molecule has 0 aliphatic carbocycles. The van der Waals surface area contributed by atoms with Gasteiger partial charge in [0.05, 0.1) is 6.61 Å². The normalized spacial score (nSPS) is 11.4. The summed E-state index contributed by atoms with van der Waals surface area (Å²) in [6, 6.07) is 0. The molecular formula is C4H4Cl3O. The highest BCUT2D eigenvalue weighted by Gasteiger charge is 2.18. The second kappa shape index (κ2) is 3.57. The molecule has 4 heteroatoms. The maximum Gasteiger partial charge on any atom is 0.297 e. The van der Waals surface area contributed by atoms with Crippen LogP contribution in [0.25, 0.3) is 0 Å².